The summed E-state index contributed by atoms with van der Waals surface area (Å²) in [5.74, 6) is 0.413. The minimum atomic E-state index is -4.47. The first-order chi connectivity index (χ1) is 13.4. The van der Waals surface area contributed by atoms with Gasteiger partial charge in [-0.3, -0.25) is 9.78 Å². The van der Waals surface area contributed by atoms with Gasteiger partial charge in [-0.1, -0.05) is 6.92 Å². The molecule has 1 aromatic heterocycles. The Morgan fingerprint density at radius 1 is 1.24 bits per heavy atom. The first-order valence-electron chi connectivity index (χ1n) is 9.88. The quantitative estimate of drug-likeness (QED) is 0.770. The van der Waals surface area contributed by atoms with E-state index in [1.807, 2.05) is 0 Å². The van der Waals surface area contributed by atoms with Crippen molar-refractivity contribution in [3.63, 3.8) is 0 Å². The number of pyridine rings is 1. The van der Waals surface area contributed by atoms with Crippen molar-refractivity contribution in [2.75, 3.05) is 18.0 Å². The van der Waals surface area contributed by atoms with Gasteiger partial charge < -0.3 is 10.0 Å². The zero-order chi connectivity index (χ0) is 21.4. The summed E-state index contributed by atoms with van der Waals surface area (Å²) in [6.07, 6.45) is -1.75. The molecule has 1 aliphatic heterocycles. The monoisotopic (exact) mass is 408 g/mol. The molecule has 0 amide bonds. The Morgan fingerprint density at radius 3 is 2.62 bits per heavy atom. The first-order valence-corrected chi connectivity index (χ1v) is 9.88. The Bertz CT molecular complexity index is 890. The van der Waals surface area contributed by atoms with Gasteiger partial charge >= 0.3 is 6.18 Å². The highest BCUT2D eigenvalue weighted by molar-refractivity contribution is 5.94. The summed E-state index contributed by atoms with van der Waals surface area (Å²) in [5, 5.41) is 10.3. The Morgan fingerprint density at radius 2 is 1.97 bits per heavy atom. The summed E-state index contributed by atoms with van der Waals surface area (Å²) in [6.45, 7) is 6.62. The van der Waals surface area contributed by atoms with Gasteiger partial charge in [-0.15, -0.1) is 0 Å². The molecule has 1 fully saturated rings. The Balaban J connectivity index is 1.88. The Hall–Kier alpha value is -2.15. The molecule has 0 bridgehead atoms. The van der Waals surface area contributed by atoms with Gasteiger partial charge in [-0.05, 0) is 56.4 Å². The first kappa shape index (κ1) is 21.6. The fraction of sp³-hybridized carbons (Fsp3) is 0.545. The number of carbonyl (C=O) groups is 1. The van der Waals surface area contributed by atoms with E-state index in [0.29, 0.717) is 36.5 Å². The summed E-state index contributed by atoms with van der Waals surface area (Å²) in [7, 11) is 0. The van der Waals surface area contributed by atoms with Crippen molar-refractivity contribution in [1.82, 2.24) is 4.98 Å². The van der Waals surface area contributed by atoms with Crippen molar-refractivity contribution < 1.29 is 23.1 Å². The van der Waals surface area contributed by atoms with Crippen LogP contribution in [0.3, 0.4) is 0 Å². The molecular formula is C22H27F3N2O2. The fourth-order valence-electron chi connectivity index (χ4n) is 4.36. The molecule has 158 valence electrons. The van der Waals surface area contributed by atoms with E-state index < -0.39 is 17.3 Å². The summed E-state index contributed by atoms with van der Waals surface area (Å²) in [4.78, 5) is 18.4. The zero-order valence-corrected chi connectivity index (χ0v) is 17.0. The minimum absolute atomic E-state index is 0.00972. The van der Waals surface area contributed by atoms with Crippen LogP contribution in [0.1, 0.15) is 45.6 Å². The molecule has 1 unspecified atom stereocenters. The van der Waals surface area contributed by atoms with Crippen LogP contribution in [0, 0.1) is 11.8 Å². The second-order valence-corrected chi connectivity index (χ2v) is 8.87. The lowest BCUT2D eigenvalue weighted by atomic mass is 9.85. The van der Waals surface area contributed by atoms with E-state index in [4.69, 9.17) is 0 Å². The van der Waals surface area contributed by atoms with Gasteiger partial charge in [0.25, 0.3) is 0 Å². The Labute approximate surface area is 168 Å². The third-order valence-electron chi connectivity index (χ3n) is 5.29. The van der Waals surface area contributed by atoms with E-state index in [1.54, 1.807) is 26.0 Å². The number of hydrogen-bond acceptors (Lipinski definition) is 4. The predicted molar refractivity (Wildman–Crippen MR) is 107 cm³/mol. The third kappa shape index (κ3) is 5.26. The molecule has 2 heterocycles. The average molecular weight is 408 g/mol. The van der Waals surface area contributed by atoms with Gasteiger partial charge in [-0.25, -0.2) is 0 Å². The standard InChI is InChI=1S/C22H27F3N2O2/c1-14-9-15(10-16(28)11-21(2,3)29)13-27(12-14)19-7-6-18(22(23,24)25)20-17(19)5-4-8-26-20/h4-8,14-15,29H,9-13H2,1-3H3/t14-,15?/m0/s1. The number of benzene rings is 1. The van der Waals surface area contributed by atoms with E-state index in [1.165, 1.54) is 12.3 Å². The van der Waals surface area contributed by atoms with Gasteiger partial charge in [0.1, 0.15) is 5.78 Å². The smallest absolute Gasteiger partial charge is 0.390 e. The van der Waals surface area contributed by atoms with E-state index in [9.17, 15) is 23.1 Å². The number of ketones is 1. The van der Waals surface area contributed by atoms with Crippen molar-refractivity contribution in [3.8, 4) is 0 Å². The summed E-state index contributed by atoms with van der Waals surface area (Å²) in [5.41, 5.74) is -1.11. The van der Waals surface area contributed by atoms with Crippen LogP contribution >= 0.6 is 0 Å². The van der Waals surface area contributed by atoms with E-state index in [0.717, 1.165) is 12.5 Å². The maximum absolute atomic E-state index is 13.4. The number of anilines is 1. The highest BCUT2D eigenvalue weighted by Gasteiger charge is 2.35. The number of halogens is 3. The predicted octanol–water partition coefficient (Wildman–Crippen LogP) is 4.84. The number of piperidine rings is 1. The molecule has 3 rings (SSSR count). The highest BCUT2D eigenvalue weighted by Crippen LogP contribution is 2.39. The molecule has 1 aromatic carbocycles. The van der Waals surface area contributed by atoms with Crippen LogP contribution in [0.25, 0.3) is 10.9 Å². The topological polar surface area (TPSA) is 53.4 Å². The average Bonchev–Trinajstić information content (AvgIpc) is 2.57. The number of aliphatic hydroxyl groups is 1. The number of carbonyl (C=O) groups excluding carboxylic acids is 1. The lowest BCUT2D eigenvalue weighted by molar-refractivity contribution is -0.136. The number of Topliss-reactive ketones (excluding diaryl/α,β-unsaturated/α-hetero) is 1. The molecular weight excluding hydrogens is 381 g/mol. The number of rotatable bonds is 5. The normalized spacial score (nSPS) is 20.9. The van der Waals surface area contributed by atoms with Crippen LogP contribution in [0.4, 0.5) is 18.9 Å². The maximum Gasteiger partial charge on any atom is 0.418 e. The zero-order valence-electron chi connectivity index (χ0n) is 17.0. The molecule has 1 N–H and O–H groups in total. The number of aromatic nitrogens is 1. The lowest BCUT2D eigenvalue weighted by Gasteiger charge is -2.38. The molecule has 2 aromatic rings. The lowest BCUT2D eigenvalue weighted by Crippen LogP contribution is -2.41. The fourth-order valence-corrected chi connectivity index (χ4v) is 4.36. The van der Waals surface area contributed by atoms with Crippen LogP contribution in [-0.4, -0.2) is 34.6 Å². The van der Waals surface area contributed by atoms with Crippen LogP contribution in [0.2, 0.25) is 0 Å². The van der Waals surface area contributed by atoms with Crippen LogP contribution in [0.5, 0.6) is 0 Å². The molecule has 2 atom stereocenters. The molecule has 4 nitrogen and oxygen atoms in total. The van der Waals surface area contributed by atoms with Crippen molar-refractivity contribution in [2.45, 2.75) is 51.8 Å². The van der Waals surface area contributed by atoms with Crippen LogP contribution < -0.4 is 4.90 Å². The van der Waals surface area contributed by atoms with E-state index in [-0.39, 0.29) is 23.6 Å². The summed E-state index contributed by atoms with van der Waals surface area (Å²) < 4.78 is 40.1. The largest absolute Gasteiger partial charge is 0.418 e. The SMILES string of the molecule is C[C@H]1CC(CC(=O)CC(C)(C)O)CN(c2ccc(C(F)(F)F)c3ncccc23)C1. The second kappa shape index (κ2) is 7.94. The van der Waals surface area contributed by atoms with Crippen molar-refractivity contribution in [1.29, 1.82) is 0 Å². The molecule has 0 saturated carbocycles. The third-order valence-corrected chi connectivity index (χ3v) is 5.29. The number of alkyl halides is 3. The highest BCUT2D eigenvalue weighted by atomic mass is 19.4. The number of hydrogen-bond donors (Lipinski definition) is 1. The number of nitrogens with zero attached hydrogens (tertiary/aromatic N) is 2. The molecule has 1 aliphatic rings. The summed E-state index contributed by atoms with van der Waals surface area (Å²) >= 11 is 0. The number of fused-ring (bicyclic) bond motifs is 1. The molecule has 7 heteroatoms. The van der Waals surface area contributed by atoms with Gasteiger partial charge in [0.15, 0.2) is 0 Å². The molecule has 0 aliphatic carbocycles. The van der Waals surface area contributed by atoms with E-state index in [2.05, 4.69) is 16.8 Å². The molecule has 0 radical (unpaired) electrons. The van der Waals surface area contributed by atoms with Crippen molar-refractivity contribution >= 4 is 22.4 Å². The van der Waals surface area contributed by atoms with Crippen LogP contribution in [-0.2, 0) is 11.0 Å². The molecule has 1 saturated heterocycles. The van der Waals surface area contributed by atoms with Crippen molar-refractivity contribution in [2.24, 2.45) is 11.8 Å². The minimum Gasteiger partial charge on any atom is -0.390 e. The van der Waals surface area contributed by atoms with Crippen LogP contribution in [0.15, 0.2) is 30.5 Å². The van der Waals surface area contributed by atoms with Gasteiger partial charge in [0.05, 0.1) is 16.7 Å². The van der Waals surface area contributed by atoms with Gasteiger partial charge in [0.2, 0.25) is 0 Å². The molecule has 0 spiro atoms. The van der Waals surface area contributed by atoms with Gasteiger partial charge in [-0.2, -0.15) is 13.2 Å². The van der Waals surface area contributed by atoms with Gasteiger partial charge in [0, 0.05) is 43.2 Å². The second-order valence-electron chi connectivity index (χ2n) is 8.87. The molecule has 29 heavy (non-hydrogen) atoms. The summed E-state index contributed by atoms with van der Waals surface area (Å²) in [6, 6.07) is 5.92. The Kier molecular flexibility index (Phi) is 5.90. The van der Waals surface area contributed by atoms with E-state index >= 15 is 0 Å². The maximum atomic E-state index is 13.4. The van der Waals surface area contributed by atoms with Crippen molar-refractivity contribution in [3.05, 3.63) is 36.0 Å².